The molecule has 0 bridgehead atoms. The largest absolute Gasteiger partial charge is 0.353 e. The van der Waals surface area contributed by atoms with Crippen molar-refractivity contribution >= 4 is 5.82 Å². The highest BCUT2D eigenvalue weighted by Gasteiger charge is 2.22. The minimum atomic E-state index is 0.554. The summed E-state index contributed by atoms with van der Waals surface area (Å²) in [6.45, 7) is 5.41. The van der Waals surface area contributed by atoms with E-state index in [0.29, 0.717) is 6.04 Å². The van der Waals surface area contributed by atoms with Crippen LogP contribution < -0.4 is 10.2 Å². The maximum absolute atomic E-state index is 4.54. The van der Waals surface area contributed by atoms with Crippen LogP contribution in [0.2, 0.25) is 0 Å². The Bertz CT molecular complexity index is 404. The van der Waals surface area contributed by atoms with Crippen molar-refractivity contribution in [3.05, 3.63) is 17.6 Å². The minimum absolute atomic E-state index is 0.554. The highest BCUT2D eigenvalue weighted by atomic mass is 15.2. The van der Waals surface area contributed by atoms with Crippen LogP contribution in [0.4, 0.5) is 5.82 Å². The minimum Gasteiger partial charge on any atom is -0.353 e. The van der Waals surface area contributed by atoms with Crippen LogP contribution >= 0.6 is 0 Å². The SMILES string of the molecule is CC1CN(c2ncnc3c2CCCC3)CCN1. The normalized spacial score (nSPS) is 24.5. The van der Waals surface area contributed by atoms with E-state index >= 15 is 0 Å². The number of piperazine rings is 1. The number of hydrogen-bond acceptors (Lipinski definition) is 4. The first-order chi connectivity index (χ1) is 8.34. The van der Waals surface area contributed by atoms with E-state index in [1.54, 1.807) is 6.33 Å². The Kier molecular flexibility index (Phi) is 2.97. The number of hydrogen-bond donors (Lipinski definition) is 1. The lowest BCUT2D eigenvalue weighted by molar-refractivity contribution is 0.480. The molecule has 3 rings (SSSR count). The molecule has 1 aromatic heterocycles. The van der Waals surface area contributed by atoms with Crippen molar-refractivity contribution in [2.45, 2.75) is 38.6 Å². The Hall–Kier alpha value is -1.16. The molecule has 92 valence electrons. The monoisotopic (exact) mass is 232 g/mol. The molecule has 2 heterocycles. The summed E-state index contributed by atoms with van der Waals surface area (Å²) >= 11 is 0. The molecular weight excluding hydrogens is 212 g/mol. The zero-order valence-corrected chi connectivity index (χ0v) is 10.4. The standard InChI is InChI=1S/C13H20N4/c1-10-8-17(7-6-14-10)13-11-4-2-3-5-12(11)15-9-16-13/h9-10,14H,2-8H2,1H3. The molecule has 1 atom stereocenters. The highest BCUT2D eigenvalue weighted by molar-refractivity contribution is 5.50. The van der Waals surface area contributed by atoms with Gasteiger partial charge in [-0.2, -0.15) is 0 Å². The third kappa shape index (κ3) is 2.14. The van der Waals surface area contributed by atoms with E-state index in [4.69, 9.17) is 0 Å². The summed E-state index contributed by atoms with van der Waals surface area (Å²) in [7, 11) is 0. The summed E-state index contributed by atoms with van der Waals surface area (Å²) in [5, 5.41) is 3.48. The molecule has 4 heteroatoms. The van der Waals surface area contributed by atoms with Crippen LogP contribution in [0.5, 0.6) is 0 Å². The fourth-order valence-electron chi connectivity index (χ4n) is 2.90. The lowest BCUT2D eigenvalue weighted by atomic mass is 9.96. The van der Waals surface area contributed by atoms with Gasteiger partial charge in [0.15, 0.2) is 0 Å². The van der Waals surface area contributed by atoms with Gasteiger partial charge in [0.2, 0.25) is 0 Å². The molecule has 0 radical (unpaired) electrons. The van der Waals surface area contributed by atoms with Gasteiger partial charge in [0, 0.05) is 36.9 Å². The fraction of sp³-hybridized carbons (Fsp3) is 0.692. The van der Waals surface area contributed by atoms with Crippen LogP contribution in [0.15, 0.2) is 6.33 Å². The maximum Gasteiger partial charge on any atom is 0.135 e. The highest BCUT2D eigenvalue weighted by Crippen LogP contribution is 2.27. The summed E-state index contributed by atoms with van der Waals surface area (Å²) in [5.74, 6) is 1.20. The number of aryl methyl sites for hydroxylation is 1. The first-order valence-corrected chi connectivity index (χ1v) is 6.65. The van der Waals surface area contributed by atoms with E-state index in [1.165, 1.54) is 29.9 Å². The fourth-order valence-corrected chi connectivity index (χ4v) is 2.90. The second kappa shape index (κ2) is 4.61. The third-order valence-electron chi connectivity index (χ3n) is 3.77. The predicted octanol–water partition coefficient (Wildman–Crippen LogP) is 1.15. The molecule has 0 saturated carbocycles. The van der Waals surface area contributed by atoms with Crippen LogP contribution in [0, 0.1) is 0 Å². The molecule has 2 aliphatic rings. The van der Waals surface area contributed by atoms with Gasteiger partial charge in [-0.1, -0.05) is 0 Å². The topological polar surface area (TPSA) is 41.1 Å². The molecule has 1 fully saturated rings. The summed E-state index contributed by atoms with van der Waals surface area (Å²) in [6.07, 6.45) is 6.60. The van der Waals surface area contributed by atoms with Gasteiger partial charge in [0.1, 0.15) is 12.1 Å². The zero-order valence-electron chi connectivity index (χ0n) is 10.4. The van der Waals surface area contributed by atoms with Crippen molar-refractivity contribution in [1.82, 2.24) is 15.3 Å². The van der Waals surface area contributed by atoms with Crippen molar-refractivity contribution in [1.29, 1.82) is 0 Å². The molecule has 4 nitrogen and oxygen atoms in total. The molecule has 1 N–H and O–H groups in total. The first-order valence-electron chi connectivity index (χ1n) is 6.65. The molecular formula is C13H20N4. The quantitative estimate of drug-likeness (QED) is 0.788. The maximum atomic E-state index is 4.54. The van der Waals surface area contributed by atoms with E-state index in [1.807, 2.05) is 0 Å². The van der Waals surface area contributed by atoms with Gasteiger partial charge in [0.25, 0.3) is 0 Å². The van der Waals surface area contributed by atoms with Crippen LogP contribution in [0.25, 0.3) is 0 Å². The average molecular weight is 232 g/mol. The molecule has 1 aromatic rings. The lowest BCUT2D eigenvalue weighted by Crippen LogP contribution is -2.50. The van der Waals surface area contributed by atoms with E-state index in [-0.39, 0.29) is 0 Å². The number of aromatic nitrogens is 2. The molecule has 17 heavy (non-hydrogen) atoms. The van der Waals surface area contributed by atoms with E-state index in [9.17, 15) is 0 Å². The average Bonchev–Trinajstić information content (AvgIpc) is 2.38. The smallest absolute Gasteiger partial charge is 0.135 e. The van der Waals surface area contributed by atoms with Crippen molar-refractivity contribution in [3.8, 4) is 0 Å². The summed E-state index contributed by atoms with van der Waals surface area (Å²) < 4.78 is 0. The second-order valence-corrected chi connectivity index (χ2v) is 5.13. The summed E-state index contributed by atoms with van der Waals surface area (Å²) in [6, 6.07) is 0.554. The molecule has 0 aromatic carbocycles. The van der Waals surface area contributed by atoms with Gasteiger partial charge >= 0.3 is 0 Å². The molecule has 0 spiro atoms. The van der Waals surface area contributed by atoms with Crippen molar-refractivity contribution < 1.29 is 0 Å². The molecule has 1 unspecified atom stereocenters. The summed E-state index contributed by atoms with van der Waals surface area (Å²) in [5.41, 5.74) is 2.69. The van der Waals surface area contributed by atoms with Crippen LogP contribution in [0.1, 0.15) is 31.0 Å². The molecule has 0 amide bonds. The predicted molar refractivity (Wildman–Crippen MR) is 68.4 cm³/mol. The Balaban J connectivity index is 1.91. The Labute approximate surface area is 102 Å². The number of rotatable bonds is 1. The number of anilines is 1. The molecule has 1 saturated heterocycles. The van der Waals surface area contributed by atoms with Crippen molar-refractivity contribution in [2.75, 3.05) is 24.5 Å². The van der Waals surface area contributed by atoms with Crippen molar-refractivity contribution in [3.63, 3.8) is 0 Å². The van der Waals surface area contributed by atoms with Gasteiger partial charge < -0.3 is 10.2 Å². The Morgan fingerprint density at radius 1 is 1.29 bits per heavy atom. The Morgan fingerprint density at radius 2 is 2.18 bits per heavy atom. The van der Waals surface area contributed by atoms with E-state index < -0.39 is 0 Å². The first kappa shape index (κ1) is 11.0. The van der Waals surface area contributed by atoms with Gasteiger partial charge in [-0.15, -0.1) is 0 Å². The Morgan fingerprint density at radius 3 is 3.06 bits per heavy atom. The zero-order chi connectivity index (χ0) is 11.7. The number of nitrogens with one attached hydrogen (secondary N) is 1. The van der Waals surface area contributed by atoms with Crippen LogP contribution in [0.3, 0.4) is 0 Å². The summed E-state index contributed by atoms with van der Waals surface area (Å²) in [4.78, 5) is 11.4. The second-order valence-electron chi connectivity index (χ2n) is 5.13. The van der Waals surface area contributed by atoms with Gasteiger partial charge in [-0.05, 0) is 32.6 Å². The van der Waals surface area contributed by atoms with Crippen LogP contribution in [-0.4, -0.2) is 35.6 Å². The number of fused-ring (bicyclic) bond motifs is 1. The van der Waals surface area contributed by atoms with Crippen molar-refractivity contribution in [2.24, 2.45) is 0 Å². The van der Waals surface area contributed by atoms with Crippen LogP contribution in [-0.2, 0) is 12.8 Å². The van der Waals surface area contributed by atoms with Gasteiger partial charge in [-0.25, -0.2) is 9.97 Å². The lowest BCUT2D eigenvalue weighted by Gasteiger charge is -2.34. The van der Waals surface area contributed by atoms with E-state index in [2.05, 4.69) is 27.1 Å². The molecule has 1 aliphatic carbocycles. The molecule has 1 aliphatic heterocycles. The van der Waals surface area contributed by atoms with Gasteiger partial charge in [-0.3, -0.25) is 0 Å². The third-order valence-corrected chi connectivity index (χ3v) is 3.77. The van der Waals surface area contributed by atoms with Gasteiger partial charge in [0.05, 0.1) is 0 Å². The number of nitrogens with zero attached hydrogens (tertiary/aromatic N) is 3. The van der Waals surface area contributed by atoms with E-state index in [0.717, 1.165) is 32.5 Å².